The van der Waals surface area contributed by atoms with Crippen molar-refractivity contribution in [2.75, 3.05) is 344 Å². The molecular weight excluding hydrogens is 1820 g/mol. The molecule has 0 saturated carbocycles. The van der Waals surface area contributed by atoms with Crippen LogP contribution in [0.2, 0.25) is 0 Å². The molecule has 48 heteroatoms. The third-order valence-electron chi connectivity index (χ3n) is 19.3. The Morgan fingerprint density at radius 2 is 0.449 bits per heavy atom. The highest BCUT2D eigenvalue weighted by Gasteiger charge is 2.33. The fourth-order valence-electron chi connectivity index (χ4n) is 11.7. The normalized spacial score (nSPS) is 11.7. The van der Waals surface area contributed by atoms with Gasteiger partial charge in [-0.1, -0.05) is 20.9 Å². The Morgan fingerprint density at radius 3 is 0.681 bits per heavy atom. The summed E-state index contributed by atoms with van der Waals surface area (Å²) < 4.78 is 144. The molecular formula is C90H158N16O32. The van der Waals surface area contributed by atoms with Gasteiger partial charge in [0, 0.05) is 122 Å². The van der Waals surface area contributed by atoms with Crippen molar-refractivity contribution >= 4 is 46.8 Å². The summed E-state index contributed by atoms with van der Waals surface area (Å²) >= 11 is 0. The average Bonchev–Trinajstić information content (AvgIpc) is 1.31. The van der Waals surface area contributed by atoms with Crippen LogP contribution in [-0.2, 0) is 204 Å². The number of ketones is 4. The van der Waals surface area contributed by atoms with E-state index >= 15 is 0 Å². The van der Waals surface area contributed by atoms with Crippen LogP contribution in [0.3, 0.4) is 0 Å². The molecule has 4 N–H and O–H groups in total. The Balaban J connectivity index is 1.16. The summed E-state index contributed by atoms with van der Waals surface area (Å²) in [6.45, 7) is 22.4. The molecule has 0 unspecified atom stereocenters. The standard InChI is InChI=1S/C90H158N16O32/c1-78(107)7-10-81-70-103(99-95-81)22-34-119-42-50-127-58-66-131-62-54-123-46-38-115-26-5-6-85(110)15-27-135-74-90(75-136-28-16-87(112)92-19-31-116-39-47-124-55-63-132-67-59-128-51-43-120-35-23-104-71-82(96-100-104)11-8-79(2)108,76-137-29-17-88(113)93-20-32-117-40-48-125-56-64-133-68-60-129-52-44-121-36-24-105-72-83(97-101-105)12-9-80(3)109)77-138-30-18-89(114)94-21-33-118-41-49-126-57-65-134-69-61-130-53-45-122-37-25-106-73-84(98-102-106)13-14-86(111)91-4/h70-73H,5-69,74-77H2,1-4H3,(H,91,111)(H,92,112)(H,93,113)(H,94,114). The average molecular weight is 1980 g/mol. The first-order valence-corrected chi connectivity index (χ1v) is 48.0. The molecule has 0 saturated heterocycles. The first-order valence-electron chi connectivity index (χ1n) is 48.0. The second kappa shape index (κ2) is 88.1. The summed E-state index contributed by atoms with van der Waals surface area (Å²) in [5.74, 6) is -0.585. The molecule has 0 radical (unpaired) electrons. The summed E-state index contributed by atoms with van der Waals surface area (Å²) in [4.78, 5) is 97.6. The van der Waals surface area contributed by atoms with Crippen molar-refractivity contribution in [2.24, 2.45) is 5.41 Å². The molecule has 0 aliphatic rings. The lowest BCUT2D eigenvalue weighted by molar-refractivity contribution is -0.129. The molecule has 0 aliphatic carbocycles. The number of carbonyl (C=O) groups excluding carboxylic acids is 8. The minimum atomic E-state index is -1.05. The van der Waals surface area contributed by atoms with E-state index in [4.69, 9.17) is 114 Å². The zero-order chi connectivity index (χ0) is 98.8. The Morgan fingerprint density at radius 1 is 0.239 bits per heavy atom. The van der Waals surface area contributed by atoms with Crippen LogP contribution in [0.4, 0.5) is 0 Å². The maximum absolute atomic E-state index is 13.2. The number of amides is 4. The third-order valence-corrected chi connectivity index (χ3v) is 19.3. The second-order valence-electron chi connectivity index (χ2n) is 31.3. The summed E-state index contributed by atoms with van der Waals surface area (Å²) in [5, 5.41) is 43.7. The van der Waals surface area contributed by atoms with Crippen molar-refractivity contribution in [1.29, 1.82) is 0 Å². The molecule has 0 fully saturated rings. The molecule has 4 heterocycles. The van der Waals surface area contributed by atoms with Crippen LogP contribution in [0.1, 0.15) is 108 Å². The second-order valence-corrected chi connectivity index (χ2v) is 31.3. The van der Waals surface area contributed by atoms with Gasteiger partial charge < -0.3 is 149 Å². The SMILES string of the molecule is CNC(=O)CCc1cn(CCOCCOCCOCCOCCOCCNC(=O)CCOCC(COCCC(=O)CCCOCCOCCOCCOCCOCCn2cc(CCC(C)=O)nn2)(COCCC(=O)NCCOCCOCCOCCOCCOCCn2cc(CCC(C)=O)nn2)COCCC(=O)NCCOCCOCCOCCOCCOCCn2cc(CCC(C)=O)nn2)nn1. The first kappa shape index (κ1) is 122. The van der Waals surface area contributed by atoms with Gasteiger partial charge in [-0.25, -0.2) is 18.7 Å². The molecule has 48 nitrogen and oxygen atoms in total. The Hall–Kier alpha value is -7.84. The van der Waals surface area contributed by atoms with Gasteiger partial charge in [0.1, 0.15) is 23.1 Å². The topological polar surface area (TPSA) is 529 Å². The van der Waals surface area contributed by atoms with E-state index in [1.165, 1.54) is 0 Å². The number of aryl methyl sites for hydroxylation is 4. The van der Waals surface area contributed by atoms with Crippen molar-refractivity contribution in [3.8, 4) is 0 Å². The number of carbonyl (C=O) groups is 8. The molecule has 4 amide bonds. The maximum atomic E-state index is 13.2. The number of aromatic nitrogens is 12. The number of nitrogens with one attached hydrogen (secondary N) is 4. The van der Waals surface area contributed by atoms with Gasteiger partial charge >= 0.3 is 0 Å². The van der Waals surface area contributed by atoms with Gasteiger partial charge in [-0.3, -0.25) is 24.0 Å². The summed E-state index contributed by atoms with van der Waals surface area (Å²) in [6.07, 6.45) is 12.0. The number of nitrogens with zero attached hydrogens (tertiary/aromatic N) is 12. The van der Waals surface area contributed by atoms with E-state index in [-0.39, 0.29) is 171 Å². The van der Waals surface area contributed by atoms with Crippen molar-refractivity contribution in [3.63, 3.8) is 0 Å². The zero-order valence-corrected chi connectivity index (χ0v) is 82.0. The zero-order valence-electron chi connectivity index (χ0n) is 82.0. The minimum Gasteiger partial charge on any atom is -0.380 e. The molecule has 4 rings (SSSR count). The Kier molecular flexibility index (Phi) is 78.2. The molecule has 790 valence electrons. The van der Waals surface area contributed by atoms with Crippen LogP contribution >= 0.6 is 0 Å². The van der Waals surface area contributed by atoms with E-state index in [0.29, 0.717) is 328 Å². The lowest BCUT2D eigenvalue weighted by atomic mass is 9.92. The molecule has 0 atom stereocenters. The predicted molar refractivity (Wildman–Crippen MR) is 493 cm³/mol. The fraction of sp³-hybridized carbons (Fsp3) is 0.822. The molecule has 0 spiro atoms. The van der Waals surface area contributed by atoms with Gasteiger partial charge in [-0.2, -0.15) is 0 Å². The maximum Gasteiger partial charge on any atom is 0.222 e. The van der Waals surface area contributed by atoms with Crippen LogP contribution in [0.5, 0.6) is 0 Å². The smallest absolute Gasteiger partial charge is 0.222 e. The van der Waals surface area contributed by atoms with Gasteiger partial charge in [0.2, 0.25) is 23.6 Å². The molecule has 138 heavy (non-hydrogen) atoms. The van der Waals surface area contributed by atoms with E-state index in [0.717, 1.165) is 22.8 Å². The monoisotopic (exact) mass is 1980 g/mol. The van der Waals surface area contributed by atoms with Gasteiger partial charge in [0.15, 0.2) is 0 Å². The largest absolute Gasteiger partial charge is 0.380 e. The number of hydrogen-bond acceptors (Lipinski definition) is 40. The van der Waals surface area contributed by atoms with Gasteiger partial charge in [0.05, 0.1) is 365 Å². The lowest BCUT2D eigenvalue weighted by Gasteiger charge is -2.33. The summed E-state index contributed by atoms with van der Waals surface area (Å²) in [6, 6.07) is 0. The number of ether oxygens (including phenoxy) is 24. The van der Waals surface area contributed by atoms with E-state index in [1.807, 2.05) is 18.6 Å². The fourth-order valence-corrected chi connectivity index (χ4v) is 11.7. The van der Waals surface area contributed by atoms with Crippen LogP contribution in [0.25, 0.3) is 0 Å². The van der Waals surface area contributed by atoms with Crippen LogP contribution in [-0.4, -0.2) is 451 Å². The van der Waals surface area contributed by atoms with E-state index in [9.17, 15) is 38.4 Å². The third kappa shape index (κ3) is 75.1. The molecule has 0 aromatic carbocycles. The highest BCUT2D eigenvalue weighted by atomic mass is 16.6. The van der Waals surface area contributed by atoms with Crippen LogP contribution in [0, 0.1) is 5.41 Å². The highest BCUT2D eigenvalue weighted by Crippen LogP contribution is 2.22. The molecule has 4 aromatic heterocycles. The van der Waals surface area contributed by atoms with Crippen molar-refractivity contribution in [1.82, 2.24) is 81.2 Å². The first-order chi connectivity index (χ1) is 67.6. The van der Waals surface area contributed by atoms with Crippen molar-refractivity contribution in [3.05, 3.63) is 47.6 Å². The van der Waals surface area contributed by atoms with Crippen LogP contribution in [0.15, 0.2) is 24.8 Å². The van der Waals surface area contributed by atoms with Gasteiger partial charge in [-0.15, -0.1) is 20.4 Å². The number of Topliss-reactive ketones (excluding diaryl/α,β-unsaturated/α-hetero) is 4. The predicted octanol–water partition coefficient (Wildman–Crippen LogP) is 0.0397. The minimum absolute atomic E-state index is 0.000762. The summed E-state index contributed by atoms with van der Waals surface area (Å²) in [7, 11) is 1.60. The molecule has 0 bridgehead atoms. The van der Waals surface area contributed by atoms with E-state index < -0.39 is 5.41 Å². The van der Waals surface area contributed by atoms with E-state index in [2.05, 4.69) is 62.5 Å². The Labute approximate surface area is 810 Å². The Bertz CT molecular complexity index is 3360. The molecule has 4 aromatic rings. The number of rotatable bonds is 105. The summed E-state index contributed by atoms with van der Waals surface area (Å²) in [5.41, 5.74) is 2.01. The molecule has 0 aliphatic heterocycles. The van der Waals surface area contributed by atoms with Crippen molar-refractivity contribution in [2.45, 2.75) is 137 Å². The number of hydrogen-bond donors (Lipinski definition) is 4. The van der Waals surface area contributed by atoms with E-state index in [1.54, 1.807) is 52.7 Å². The van der Waals surface area contributed by atoms with Crippen LogP contribution < -0.4 is 21.3 Å². The van der Waals surface area contributed by atoms with Crippen molar-refractivity contribution < 1.29 is 152 Å². The van der Waals surface area contributed by atoms with Gasteiger partial charge in [-0.05, 0) is 46.5 Å². The quantitative estimate of drug-likeness (QED) is 0.0424. The highest BCUT2D eigenvalue weighted by molar-refractivity contribution is 5.79. The van der Waals surface area contributed by atoms with Gasteiger partial charge in [0.25, 0.3) is 0 Å². The lowest BCUT2D eigenvalue weighted by Crippen LogP contribution is -2.43.